The van der Waals surface area contributed by atoms with Gasteiger partial charge in [-0.3, -0.25) is 9.69 Å². The summed E-state index contributed by atoms with van der Waals surface area (Å²) in [5.74, 6) is 0.348. The van der Waals surface area contributed by atoms with Crippen molar-refractivity contribution in [3.8, 4) is 0 Å². The number of aromatic nitrogens is 2. The Bertz CT molecular complexity index is 713. The van der Waals surface area contributed by atoms with Gasteiger partial charge >= 0.3 is 6.03 Å². The van der Waals surface area contributed by atoms with Gasteiger partial charge in [-0.25, -0.2) is 4.79 Å². The Morgan fingerprint density at radius 3 is 2.84 bits per heavy atom. The largest absolute Gasteiger partial charge is 0.375 e. The molecule has 132 valence electrons. The maximum absolute atomic E-state index is 12.3. The molecule has 1 fully saturated rings. The predicted octanol–water partition coefficient (Wildman–Crippen LogP) is 1.66. The fourth-order valence-corrected chi connectivity index (χ4v) is 2.74. The normalized spacial score (nSPS) is 17.6. The molecule has 1 aliphatic rings. The Hall–Kier alpha value is -2.74. The van der Waals surface area contributed by atoms with Crippen LogP contribution >= 0.6 is 0 Å². The van der Waals surface area contributed by atoms with Gasteiger partial charge in [-0.15, -0.1) is 0 Å². The molecule has 0 spiro atoms. The number of carbonyl (C=O) groups excluding carboxylic acids is 2. The molecule has 1 N–H and O–H groups in total. The van der Waals surface area contributed by atoms with Crippen molar-refractivity contribution in [3.63, 3.8) is 0 Å². The third kappa shape index (κ3) is 4.42. The number of ether oxygens (including phenoxy) is 1. The van der Waals surface area contributed by atoms with E-state index in [0.717, 1.165) is 17.7 Å². The molecule has 3 rings (SSSR count). The average molecular weight is 344 g/mol. The van der Waals surface area contributed by atoms with Gasteiger partial charge in [-0.2, -0.15) is 4.98 Å². The SMILES string of the molecule is COCc1nc(CN2C(=O)C[C@H](CCc3ccccc3)NC2=O)no1. The molecule has 25 heavy (non-hydrogen) atoms. The second-order valence-electron chi connectivity index (χ2n) is 5.89. The number of hydrogen-bond acceptors (Lipinski definition) is 6. The molecule has 0 saturated carbocycles. The predicted molar refractivity (Wildman–Crippen MR) is 87.3 cm³/mol. The third-order valence-corrected chi connectivity index (χ3v) is 4.00. The van der Waals surface area contributed by atoms with Crippen LogP contribution in [0.4, 0.5) is 4.79 Å². The first-order valence-corrected chi connectivity index (χ1v) is 8.11. The maximum Gasteiger partial charge on any atom is 0.324 e. The summed E-state index contributed by atoms with van der Waals surface area (Å²) in [7, 11) is 1.51. The zero-order chi connectivity index (χ0) is 17.6. The highest BCUT2D eigenvalue weighted by molar-refractivity contribution is 5.97. The highest BCUT2D eigenvalue weighted by atomic mass is 16.5. The lowest BCUT2D eigenvalue weighted by Crippen LogP contribution is -2.54. The van der Waals surface area contributed by atoms with Crippen LogP contribution in [0, 0.1) is 0 Å². The average Bonchev–Trinajstić information content (AvgIpc) is 3.05. The second kappa shape index (κ2) is 7.89. The van der Waals surface area contributed by atoms with Crippen LogP contribution in [0.5, 0.6) is 0 Å². The summed E-state index contributed by atoms with van der Waals surface area (Å²) in [4.78, 5) is 29.8. The van der Waals surface area contributed by atoms with Gasteiger partial charge in [0, 0.05) is 19.6 Å². The van der Waals surface area contributed by atoms with Crippen LogP contribution in [0.3, 0.4) is 0 Å². The lowest BCUT2D eigenvalue weighted by molar-refractivity contribution is -0.130. The number of benzene rings is 1. The fraction of sp³-hybridized carbons (Fsp3) is 0.412. The van der Waals surface area contributed by atoms with Crippen molar-refractivity contribution in [3.05, 3.63) is 47.6 Å². The van der Waals surface area contributed by atoms with Crippen LogP contribution in [0.1, 0.15) is 30.1 Å². The van der Waals surface area contributed by atoms with Crippen LogP contribution in [0.2, 0.25) is 0 Å². The van der Waals surface area contributed by atoms with E-state index in [-0.39, 0.29) is 37.3 Å². The van der Waals surface area contributed by atoms with Gasteiger partial charge < -0.3 is 14.6 Å². The van der Waals surface area contributed by atoms with Crippen molar-refractivity contribution >= 4 is 11.9 Å². The Morgan fingerprint density at radius 2 is 2.12 bits per heavy atom. The smallest absolute Gasteiger partial charge is 0.324 e. The number of imide groups is 1. The molecule has 2 aromatic rings. The summed E-state index contributed by atoms with van der Waals surface area (Å²) in [6, 6.07) is 9.40. The van der Waals surface area contributed by atoms with E-state index in [1.54, 1.807) is 0 Å². The van der Waals surface area contributed by atoms with Crippen LogP contribution in [-0.4, -0.2) is 40.1 Å². The van der Waals surface area contributed by atoms with E-state index in [4.69, 9.17) is 9.26 Å². The van der Waals surface area contributed by atoms with E-state index in [9.17, 15) is 9.59 Å². The quantitative estimate of drug-likeness (QED) is 0.820. The number of hydrogen-bond donors (Lipinski definition) is 1. The van der Waals surface area contributed by atoms with E-state index >= 15 is 0 Å². The first-order chi connectivity index (χ1) is 12.2. The summed E-state index contributed by atoms with van der Waals surface area (Å²) >= 11 is 0. The van der Waals surface area contributed by atoms with Gasteiger partial charge in [0.05, 0.1) is 6.54 Å². The maximum atomic E-state index is 12.3. The van der Waals surface area contributed by atoms with Crippen molar-refractivity contribution in [1.29, 1.82) is 0 Å². The summed E-state index contributed by atoms with van der Waals surface area (Å²) in [6.07, 6.45) is 1.79. The highest BCUT2D eigenvalue weighted by Crippen LogP contribution is 2.15. The summed E-state index contributed by atoms with van der Waals surface area (Å²) < 4.78 is 9.86. The minimum absolute atomic E-state index is 0.0106. The molecular weight excluding hydrogens is 324 g/mol. The number of carbonyl (C=O) groups is 2. The number of nitrogens with one attached hydrogen (secondary N) is 1. The molecule has 1 aromatic heterocycles. The Morgan fingerprint density at radius 1 is 1.32 bits per heavy atom. The number of rotatable bonds is 7. The summed E-state index contributed by atoms with van der Waals surface area (Å²) in [5, 5.41) is 6.63. The van der Waals surface area contributed by atoms with Crippen molar-refractivity contribution in [2.24, 2.45) is 0 Å². The van der Waals surface area contributed by atoms with Crippen LogP contribution < -0.4 is 5.32 Å². The number of aryl methyl sites for hydroxylation is 1. The number of urea groups is 1. The molecule has 1 atom stereocenters. The Kier molecular flexibility index (Phi) is 5.39. The third-order valence-electron chi connectivity index (χ3n) is 4.00. The first kappa shape index (κ1) is 17.1. The molecule has 0 bridgehead atoms. The van der Waals surface area contributed by atoms with Gasteiger partial charge in [0.15, 0.2) is 5.82 Å². The molecule has 1 aromatic carbocycles. The molecular formula is C17H20N4O4. The van der Waals surface area contributed by atoms with Crippen molar-refractivity contribution < 1.29 is 18.8 Å². The molecule has 0 unspecified atom stereocenters. The Balaban J connectivity index is 1.54. The molecule has 8 heteroatoms. The van der Waals surface area contributed by atoms with Crippen molar-refractivity contribution in [2.75, 3.05) is 7.11 Å². The summed E-state index contributed by atoms with van der Waals surface area (Å²) in [5.41, 5.74) is 1.18. The Labute approximate surface area is 145 Å². The number of amides is 3. The fourth-order valence-electron chi connectivity index (χ4n) is 2.74. The lowest BCUT2D eigenvalue weighted by Gasteiger charge is -2.30. The standard InChI is InChI=1S/C17H20N4O4/c1-24-11-15-19-14(20-25-15)10-21-16(22)9-13(18-17(21)23)8-7-12-5-3-2-4-6-12/h2-6,13H,7-11H2,1H3,(H,18,23)/t13-/m0/s1. The summed E-state index contributed by atoms with van der Waals surface area (Å²) in [6.45, 7) is 0.179. The topological polar surface area (TPSA) is 97.6 Å². The molecule has 1 saturated heterocycles. The van der Waals surface area contributed by atoms with E-state index in [1.807, 2.05) is 30.3 Å². The monoisotopic (exact) mass is 344 g/mol. The molecule has 1 aliphatic heterocycles. The van der Waals surface area contributed by atoms with Crippen molar-refractivity contribution in [1.82, 2.24) is 20.4 Å². The zero-order valence-electron chi connectivity index (χ0n) is 14.0. The first-order valence-electron chi connectivity index (χ1n) is 8.11. The van der Waals surface area contributed by atoms with E-state index in [2.05, 4.69) is 15.5 Å². The second-order valence-corrected chi connectivity index (χ2v) is 5.89. The molecule has 2 heterocycles. The molecule has 0 aliphatic carbocycles. The number of methoxy groups -OCH3 is 1. The lowest BCUT2D eigenvalue weighted by atomic mass is 10.0. The van der Waals surface area contributed by atoms with Gasteiger partial charge in [-0.1, -0.05) is 35.5 Å². The van der Waals surface area contributed by atoms with E-state index < -0.39 is 6.03 Å². The van der Waals surface area contributed by atoms with E-state index in [1.165, 1.54) is 12.7 Å². The van der Waals surface area contributed by atoms with Crippen LogP contribution in [0.25, 0.3) is 0 Å². The van der Waals surface area contributed by atoms with Crippen molar-refractivity contribution in [2.45, 2.75) is 38.5 Å². The minimum Gasteiger partial charge on any atom is -0.375 e. The minimum atomic E-state index is -0.424. The zero-order valence-corrected chi connectivity index (χ0v) is 14.0. The van der Waals surface area contributed by atoms with Gasteiger partial charge in [-0.05, 0) is 18.4 Å². The van der Waals surface area contributed by atoms with E-state index in [0.29, 0.717) is 5.89 Å². The van der Waals surface area contributed by atoms with Crippen LogP contribution in [0.15, 0.2) is 34.9 Å². The molecule has 3 amide bonds. The van der Waals surface area contributed by atoms with Crippen LogP contribution in [-0.2, 0) is 29.1 Å². The van der Waals surface area contributed by atoms with Gasteiger partial charge in [0.2, 0.25) is 5.91 Å². The number of nitrogens with zero attached hydrogens (tertiary/aromatic N) is 3. The van der Waals surface area contributed by atoms with Gasteiger partial charge in [0.1, 0.15) is 6.61 Å². The molecule has 8 nitrogen and oxygen atoms in total. The highest BCUT2D eigenvalue weighted by Gasteiger charge is 2.32. The molecule has 0 radical (unpaired) electrons. The van der Waals surface area contributed by atoms with Gasteiger partial charge in [0.25, 0.3) is 5.89 Å².